The first kappa shape index (κ1) is 63.3. The molecule has 4 aliphatic rings. The van der Waals surface area contributed by atoms with Crippen LogP contribution in [0, 0.1) is 13.8 Å². The maximum absolute atomic E-state index is 12.9. The molecule has 0 unspecified atom stereocenters. The molecule has 0 radical (unpaired) electrons. The summed E-state index contributed by atoms with van der Waals surface area (Å²) >= 11 is 18.1. The zero-order valence-electron chi connectivity index (χ0n) is 48.8. The van der Waals surface area contributed by atoms with Gasteiger partial charge in [0.1, 0.15) is 27.1 Å². The molecule has 2 aromatic heterocycles. The lowest BCUT2D eigenvalue weighted by Crippen LogP contribution is -2.39. The predicted octanol–water partition coefficient (Wildman–Crippen LogP) is 13.4. The molecule has 10 rings (SSSR count). The Balaban J connectivity index is 0.000000174. The third-order valence-corrected chi connectivity index (χ3v) is 19.4. The maximum atomic E-state index is 12.9. The molecule has 1 amide bonds. The van der Waals surface area contributed by atoms with Crippen molar-refractivity contribution in [1.82, 2.24) is 30.2 Å². The first-order chi connectivity index (χ1) is 39.8. The molecular weight excluding hydrogens is 1170 g/mol. The van der Waals surface area contributed by atoms with Crippen LogP contribution in [0.2, 0.25) is 15.3 Å². The van der Waals surface area contributed by atoms with Gasteiger partial charge >= 0.3 is 6.09 Å². The molecule has 18 nitrogen and oxygen atoms in total. The molecule has 0 aliphatic carbocycles. The number of sulfone groups is 2. The minimum absolute atomic E-state index is 0.0195. The third kappa shape index (κ3) is 15.0. The topological polar surface area (TPSA) is 242 Å². The van der Waals surface area contributed by atoms with E-state index in [1.54, 1.807) is 75.1 Å². The van der Waals surface area contributed by atoms with Crippen LogP contribution in [-0.4, -0.2) is 103 Å². The van der Waals surface area contributed by atoms with E-state index < -0.39 is 35.8 Å². The fraction of sp³-hybridized carbons (Fsp3) is 0.393. The van der Waals surface area contributed by atoms with Crippen LogP contribution in [0.5, 0.6) is 11.5 Å². The van der Waals surface area contributed by atoms with Crippen LogP contribution in [0.1, 0.15) is 108 Å². The molecule has 84 heavy (non-hydrogen) atoms. The number of fused-ring (bicyclic) bond motifs is 2. The number of aryl methyl sites for hydroxylation is 2. The summed E-state index contributed by atoms with van der Waals surface area (Å²) in [5.74, 6) is 2.56. The molecule has 448 valence electrons. The molecule has 4 aromatic carbocycles. The predicted molar refractivity (Wildman–Crippen MR) is 337 cm³/mol. The third-order valence-electron chi connectivity index (χ3n) is 14.2. The van der Waals surface area contributed by atoms with Crippen LogP contribution in [0.4, 0.5) is 45.1 Å². The summed E-state index contributed by atoms with van der Waals surface area (Å²) in [6.07, 6.45) is 12.7. The zero-order valence-corrected chi connectivity index (χ0v) is 52.7. The van der Waals surface area contributed by atoms with E-state index in [1.165, 1.54) is 63.0 Å². The van der Waals surface area contributed by atoms with Crippen LogP contribution >= 0.6 is 34.8 Å². The van der Waals surface area contributed by atoms with Crippen molar-refractivity contribution >= 4 is 112 Å². The zero-order chi connectivity index (χ0) is 60.7. The number of nitrogens with one attached hydrogen (secondary N) is 4. The monoisotopic (exact) mass is 1240 g/mol. The van der Waals surface area contributed by atoms with Gasteiger partial charge in [0.2, 0.25) is 11.2 Å². The van der Waals surface area contributed by atoms with Crippen molar-refractivity contribution in [3.63, 3.8) is 0 Å². The Labute approximate surface area is 508 Å². The Morgan fingerprint density at radius 2 is 1.24 bits per heavy atom. The fourth-order valence-electron chi connectivity index (χ4n) is 10.1. The number of carbonyl (C=O) groups excluding carboxylic acids is 1. The smallest absolute Gasteiger partial charge is 0.410 e. The number of nitrogens with zero attached hydrogens (tertiary/aromatic N) is 5. The number of halogens is 3. The summed E-state index contributed by atoms with van der Waals surface area (Å²) < 4.78 is 68.0. The van der Waals surface area contributed by atoms with Crippen LogP contribution in [-0.2, 0) is 37.3 Å². The molecule has 0 bridgehead atoms. The van der Waals surface area contributed by atoms with Crippen molar-refractivity contribution in [3.8, 4) is 11.5 Å². The molecule has 23 heteroatoms. The summed E-state index contributed by atoms with van der Waals surface area (Å²) in [4.78, 5) is 31.0. The van der Waals surface area contributed by atoms with Crippen LogP contribution in [0.25, 0.3) is 11.1 Å². The van der Waals surface area contributed by atoms with E-state index in [1.807, 2.05) is 26.8 Å². The summed E-state index contributed by atoms with van der Waals surface area (Å²) in [5, 5.41) is 12.1. The van der Waals surface area contributed by atoms with Crippen molar-refractivity contribution in [2.75, 3.05) is 61.1 Å². The van der Waals surface area contributed by atoms with E-state index in [2.05, 4.69) is 73.3 Å². The first-order valence-electron chi connectivity index (χ1n) is 27.9. The standard InChI is InChI=1S/C28H32ClN5O3S.C20H28N2O3.C13H13Cl2N3O2S/c1-17(2)38(35,36)24-9-5-4-8-22(24)32-27-21(29)16-31-28(34-27)33-23-15-18(3)25(19-10-12-30-13-11-19)20-7-6-14-37-26(20)23;1-13-12-16(21)18-15(6-5-11-24-18)17(13)14-7-9-22(10-8-14)19(23)25-20(2,3)4;1-8(2)21(19,20)11-6-4-3-5-10(11)17-12-9(14)7-16-13(15)18-12/h4-5,8-10,15-17,30H,6-7,11-14H2,1-3H3,(H2,31,32,33,34);7,12H,5-6,8-11,21H2,1-4H3;3-8H,1-2H3,(H,16,17,18). The number of amides is 1. The summed E-state index contributed by atoms with van der Waals surface area (Å²) in [5.41, 5.74) is 18.0. The number of aromatic nitrogens is 4. The average molecular weight is 1240 g/mol. The number of anilines is 7. The van der Waals surface area contributed by atoms with Gasteiger partial charge < -0.3 is 46.1 Å². The minimum atomic E-state index is -3.52. The van der Waals surface area contributed by atoms with Crippen molar-refractivity contribution in [2.45, 2.75) is 127 Å². The molecule has 0 saturated carbocycles. The second-order valence-electron chi connectivity index (χ2n) is 22.2. The largest absolute Gasteiger partial charge is 0.491 e. The maximum Gasteiger partial charge on any atom is 0.410 e. The van der Waals surface area contributed by atoms with E-state index in [0.29, 0.717) is 42.8 Å². The van der Waals surface area contributed by atoms with Gasteiger partial charge in [-0.2, -0.15) is 9.97 Å². The second kappa shape index (κ2) is 27.1. The highest BCUT2D eigenvalue weighted by atomic mass is 35.5. The van der Waals surface area contributed by atoms with Crippen molar-refractivity contribution in [1.29, 1.82) is 0 Å². The van der Waals surface area contributed by atoms with E-state index in [4.69, 9.17) is 54.7 Å². The summed E-state index contributed by atoms with van der Waals surface area (Å²) in [7, 11) is -6.95. The van der Waals surface area contributed by atoms with Crippen molar-refractivity contribution in [3.05, 3.63) is 134 Å². The van der Waals surface area contributed by atoms with Crippen LogP contribution < -0.4 is 36.5 Å². The Bertz CT molecular complexity index is 3720. The number of ether oxygens (including phenoxy) is 3. The number of nitrogens with two attached hydrogens (primary N) is 1. The number of para-hydroxylation sites is 2. The molecular formula is C61H73Cl3N10O8S2. The Hall–Kier alpha value is -6.68. The van der Waals surface area contributed by atoms with Gasteiger partial charge in [0.05, 0.1) is 68.6 Å². The van der Waals surface area contributed by atoms with Gasteiger partial charge in [0, 0.05) is 30.8 Å². The van der Waals surface area contributed by atoms with Gasteiger partial charge in [-0.25, -0.2) is 31.6 Å². The quantitative estimate of drug-likeness (QED) is 0.0565. The van der Waals surface area contributed by atoms with Crippen LogP contribution in [0.15, 0.2) is 95.0 Å². The van der Waals surface area contributed by atoms with E-state index in [9.17, 15) is 21.6 Å². The second-order valence-corrected chi connectivity index (χ2v) is 28.3. The molecule has 6 N–H and O–H groups in total. The van der Waals surface area contributed by atoms with E-state index in [0.717, 1.165) is 81.1 Å². The molecule has 6 heterocycles. The van der Waals surface area contributed by atoms with Gasteiger partial charge in [-0.3, -0.25) is 0 Å². The Morgan fingerprint density at radius 1 is 0.702 bits per heavy atom. The molecule has 0 atom stereocenters. The van der Waals surface area contributed by atoms with Crippen molar-refractivity contribution in [2.24, 2.45) is 0 Å². The molecule has 6 aromatic rings. The van der Waals surface area contributed by atoms with Gasteiger partial charge in [-0.05, 0) is 189 Å². The molecule has 4 aliphatic heterocycles. The van der Waals surface area contributed by atoms with E-state index >= 15 is 0 Å². The number of hydrogen-bond donors (Lipinski definition) is 5. The lowest BCUT2D eigenvalue weighted by Gasteiger charge is -2.31. The minimum Gasteiger partial charge on any atom is -0.491 e. The average Bonchev–Trinajstić information content (AvgIpc) is 3.24. The first-order valence-corrected chi connectivity index (χ1v) is 32.2. The van der Waals surface area contributed by atoms with E-state index in [-0.39, 0.29) is 37.0 Å². The highest BCUT2D eigenvalue weighted by molar-refractivity contribution is 7.92. The lowest BCUT2D eigenvalue weighted by atomic mass is 9.87. The molecule has 0 spiro atoms. The van der Waals surface area contributed by atoms with Gasteiger partial charge in [0.25, 0.3) is 0 Å². The number of rotatable bonds is 12. The number of nitrogen functional groups attached to an aromatic ring is 1. The normalized spacial score (nSPS) is 15.1. The van der Waals surface area contributed by atoms with Crippen molar-refractivity contribution < 1.29 is 35.8 Å². The fourth-order valence-corrected chi connectivity index (χ4v) is 12.9. The molecule has 0 saturated heterocycles. The SMILES string of the molecule is CC(C)S(=O)(=O)c1ccccc1Nc1nc(Cl)ncc1Cl.Cc1cc(N)c2c(c1C1=CCN(C(=O)OC(C)(C)C)CC1)CCCO2.Cc1cc(Nc2ncc(Cl)c(Nc3ccccc3S(=O)(=O)C(C)C)n2)c2c(c1C1=CCNCC1)CCCO2. The number of benzene rings is 4. The van der Waals surface area contributed by atoms with Crippen LogP contribution in [0.3, 0.4) is 0 Å². The highest BCUT2D eigenvalue weighted by Gasteiger charge is 2.30. The Kier molecular flexibility index (Phi) is 20.5. The number of carbonyl (C=O) groups is 1. The summed E-state index contributed by atoms with van der Waals surface area (Å²) in [6, 6.07) is 17.4. The highest BCUT2D eigenvalue weighted by Crippen LogP contribution is 2.44. The van der Waals surface area contributed by atoms with Gasteiger partial charge in [0.15, 0.2) is 31.3 Å². The van der Waals surface area contributed by atoms with Gasteiger partial charge in [-0.15, -0.1) is 0 Å². The lowest BCUT2D eigenvalue weighted by molar-refractivity contribution is 0.0270. The number of hydrogen-bond acceptors (Lipinski definition) is 17. The molecule has 0 fully saturated rings. The summed E-state index contributed by atoms with van der Waals surface area (Å²) in [6.45, 7) is 20.9. The Morgan fingerprint density at radius 3 is 1.79 bits per heavy atom. The van der Waals surface area contributed by atoms with Gasteiger partial charge in [-0.1, -0.05) is 59.6 Å².